The van der Waals surface area contributed by atoms with Gasteiger partial charge in [-0.2, -0.15) is 0 Å². The van der Waals surface area contributed by atoms with Crippen LogP contribution in [-0.2, 0) is 9.53 Å². The van der Waals surface area contributed by atoms with E-state index >= 15 is 0 Å². The fourth-order valence-electron chi connectivity index (χ4n) is 1.99. The SMILES string of the molecule is CC1CC(=C2CCNCC2)C(=O)O1. The average molecular weight is 181 g/mol. The maximum Gasteiger partial charge on any atom is 0.334 e. The van der Waals surface area contributed by atoms with Crippen molar-refractivity contribution in [2.45, 2.75) is 32.3 Å². The molecule has 0 bridgehead atoms. The van der Waals surface area contributed by atoms with Gasteiger partial charge in [-0.05, 0) is 32.9 Å². The van der Waals surface area contributed by atoms with E-state index in [-0.39, 0.29) is 12.1 Å². The molecule has 0 radical (unpaired) electrons. The zero-order valence-electron chi connectivity index (χ0n) is 7.93. The number of ether oxygens (including phenoxy) is 1. The predicted octanol–water partition coefficient (Wildman–Crippen LogP) is 1.00. The van der Waals surface area contributed by atoms with Gasteiger partial charge in [0.05, 0.1) is 0 Å². The molecule has 0 amide bonds. The van der Waals surface area contributed by atoms with Gasteiger partial charge in [-0.1, -0.05) is 5.57 Å². The summed E-state index contributed by atoms with van der Waals surface area (Å²) in [6, 6.07) is 0. The molecule has 0 saturated carbocycles. The van der Waals surface area contributed by atoms with Crippen LogP contribution in [-0.4, -0.2) is 25.2 Å². The largest absolute Gasteiger partial charge is 0.459 e. The van der Waals surface area contributed by atoms with Crippen molar-refractivity contribution in [3.8, 4) is 0 Å². The Morgan fingerprint density at radius 3 is 2.62 bits per heavy atom. The third-order valence-corrected chi connectivity index (χ3v) is 2.68. The number of carbonyl (C=O) groups is 1. The van der Waals surface area contributed by atoms with Crippen molar-refractivity contribution >= 4 is 5.97 Å². The van der Waals surface area contributed by atoms with E-state index in [0.717, 1.165) is 37.9 Å². The van der Waals surface area contributed by atoms with Gasteiger partial charge in [0.1, 0.15) is 6.10 Å². The number of piperidine rings is 1. The van der Waals surface area contributed by atoms with Crippen LogP contribution in [0, 0.1) is 0 Å². The Bertz CT molecular complexity index is 250. The lowest BCUT2D eigenvalue weighted by molar-refractivity contribution is -0.138. The second kappa shape index (κ2) is 3.50. The maximum absolute atomic E-state index is 11.4. The first-order valence-electron chi connectivity index (χ1n) is 4.90. The third-order valence-electron chi connectivity index (χ3n) is 2.68. The Kier molecular flexibility index (Phi) is 2.36. The fourth-order valence-corrected chi connectivity index (χ4v) is 1.99. The summed E-state index contributed by atoms with van der Waals surface area (Å²) in [5.41, 5.74) is 2.27. The molecule has 2 aliphatic heterocycles. The number of cyclic esters (lactones) is 1. The van der Waals surface area contributed by atoms with Gasteiger partial charge < -0.3 is 10.1 Å². The number of hydrogen-bond donors (Lipinski definition) is 1. The fraction of sp³-hybridized carbons (Fsp3) is 0.700. The first-order chi connectivity index (χ1) is 6.27. The zero-order valence-corrected chi connectivity index (χ0v) is 7.93. The lowest BCUT2D eigenvalue weighted by Gasteiger charge is -2.16. The summed E-state index contributed by atoms with van der Waals surface area (Å²) in [7, 11) is 0. The van der Waals surface area contributed by atoms with Gasteiger partial charge in [-0.3, -0.25) is 0 Å². The van der Waals surface area contributed by atoms with E-state index in [1.54, 1.807) is 0 Å². The highest BCUT2D eigenvalue weighted by Crippen LogP contribution is 2.27. The summed E-state index contributed by atoms with van der Waals surface area (Å²) < 4.78 is 5.11. The maximum atomic E-state index is 11.4. The number of nitrogens with one attached hydrogen (secondary N) is 1. The van der Waals surface area contributed by atoms with Crippen LogP contribution in [0.2, 0.25) is 0 Å². The van der Waals surface area contributed by atoms with Crippen molar-refractivity contribution < 1.29 is 9.53 Å². The molecule has 1 atom stereocenters. The summed E-state index contributed by atoms with van der Waals surface area (Å²) in [4.78, 5) is 11.4. The molecular formula is C10H15NO2. The molecule has 2 rings (SSSR count). The minimum absolute atomic E-state index is 0.0793. The summed E-state index contributed by atoms with van der Waals surface area (Å²) in [6.45, 7) is 3.95. The Morgan fingerprint density at radius 2 is 2.08 bits per heavy atom. The molecule has 13 heavy (non-hydrogen) atoms. The highest BCUT2D eigenvalue weighted by atomic mass is 16.5. The highest BCUT2D eigenvalue weighted by molar-refractivity contribution is 5.91. The average Bonchev–Trinajstić information content (AvgIpc) is 2.47. The summed E-state index contributed by atoms with van der Waals surface area (Å²) in [6.07, 6.45) is 2.92. The van der Waals surface area contributed by atoms with Crippen LogP contribution in [0.1, 0.15) is 26.2 Å². The van der Waals surface area contributed by atoms with Crippen LogP contribution in [0.5, 0.6) is 0 Å². The van der Waals surface area contributed by atoms with Crippen LogP contribution >= 0.6 is 0 Å². The molecule has 1 unspecified atom stereocenters. The first-order valence-corrected chi connectivity index (χ1v) is 4.90. The number of hydrogen-bond acceptors (Lipinski definition) is 3. The molecule has 0 aromatic rings. The van der Waals surface area contributed by atoms with Crippen molar-refractivity contribution in [3.05, 3.63) is 11.1 Å². The van der Waals surface area contributed by atoms with Gasteiger partial charge in [0.2, 0.25) is 0 Å². The molecule has 3 nitrogen and oxygen atoms in total. The monoisotopic (exact) mass is 181 g/mol. The van der Waals surface area contributed by atoms with Gasteiger partial charge in [0, 0.05) is 12.0 Å². The second-order valence-electron chi connectivity index (χ2n) is 3.75. The van der Waals surface area contributed by atoms with Crippen LogP contribution in [0.3, 0.4) is 0 Å². The minimum atomic E-state index is -0.0793. The number of rotatable bonds is 0. The Morgan fingerprint density at radius 1 is 1.38 bits per heavy atom. The number of esters is 1. The molecule has 0 aromatic carbocycles. The van der Waals surface area contributed by atoms with Crippen molar-refractivity contribution in [3.63, 3.8) is 0 Å². The van der Waals surface area contributed by atoms with E-state index in [1.165, 1.54) is 5.57 Å². The molecule has 1 N–H and O–H groups in total. The minimum Gasteiger partial charge on any atom is -0.459 e. The topological polar surface area (TPSA) is 38.3 Å². The lowest BCUT2D eigenvalue weighted by atomic mass is 9.97. The third kappa shape index (κ3) is 1.75. The predicted molar refractivity (Wildman–Crippen MR) is 49.3 cm³/mol. The molecule has 0 aliphatic carbocycles. The van der Waals surface area contributed by atoms with Gasteiger partial charge in [-0.25, -0.2) is 4.79 Å². The second-order valence-corrected chi connectivity index (χ2v) is 3.75. The lowest BCUT2D eigenvalue weighted by Crippen LogP contribution is -2.24. The molecule has 2 fully saturated rings. The van der Waals surface area contributed by atoms with E-state index in [0.29, 0.717) is 0 Å². The Labute approximate surface area is 78.1 Å². The quantitative estimate of drug-likeness (QED) is 0.447. The van der Waals surface area contributed by atoms with Crippen LogP contribution in [0.25, 0.3) is 0 Å². The first kappa shape index (κ1) is 8.75. The number of carbonyl (C=O) groups excluding carboxylic acids is 1. The van der Waals surface area contributed by atoms with Gasteiger partial charge in [0.25, 0.3) is 0 Å². The van der Waals surface area contributed by atoms with Crippen LogP contribution in [0.15, 0.2) is 11.1 Å². The standard InChI is InChI=1S/C10H15NO2/c1-7-6-9(10(12)13-7)8-2-4-11-5-3-8/h7,11H,2-6H2,1H3. The van der Waals surface area contributed by atoms with Crippen molar-refractivity contribution in [2.24, 2.45) is 0 Å². The van der Waals surface area contributed by atoms with Crippen LogP contribution < -0.4 is 5.32 Å². The normalized spacial score (nSPS) is 29.3. The van der Waals surface area contributed by atoms with Crippen molar-refractivity contribution in [1.29, 1.82) is 0 Å². The van der Waals surface area contributed by atoms with Crippen molar-refractivity contribution in [2.75, 3.05) is 13.1 Å². The van der Waals surface area contributed by atoms with Gasteiger partial charge in [0.15, 0.2) is 0 Å². The molecule has 0 spiro atoms. The molecule has 72 valence electrons. The van der Waals surface area contributed by atoms with Gasteiger partial charge in [-0.15, -0.1) is 0 Å². The van der Waals surface area contributed by atoms with E-state index in [4.69, 9.17) is 4.74 Å². The Hall–Kier alpha value is -0.830. The summed E-state index contributed by atoms with van der Waals surface area (Å²) >= 11 is 0. The van der Waals surface area contributed by atoms with E-state index in [2.05, 4.69) is 5.32 Å². The van der Waals surface area contributed by atoms with Crippen molar-refractivity contribution in [1.82, 2.24) is 5.32 Å². The van der Waals surface area contributed by atoms with E-state index < -0.39 is 0 Å². The Balaban J connectivity index is 2.16. The molecule has 3 heteroatoms. The molecule has 0 aromatic heterocycles. The highest BCUT2D eigenvalue weighted by Gasteiger charge is 2.28. The van der Waals surface area contributed by atoms with Gasteiger partial charge >= 0.3 is 5.97 Å². The molecule has 2 heterocycles. The summed E-state index contributed by atoms with van der Waals surface area (Å²) in [5.74, 6) is -0.0793. The molecule has 2 aliphatic rings. The smallest absolute Gasteiger partial charge is 0.334 e. The molecule has 2 saturated heterocycles. The molecular weight excluding hydrogens is 166 g/mol. The van der Waals surface area contributed by atoms with E-state index in [9.17, 15) is 4.79 Å². The van der Waals surface area contributed by atoms with E-state index in [1.807, 2.05) is 6.92 Å². The van der Waals surface area contributed by atoms with Crippen LogP contribution in [0.4, 0.5) is 0 Å². The summed E-state index contributed by atoms with van der Waals surface area (Å²) in [5, 5.41) is 3.28. The zero-order chi connectivity index (χ0) is 9.26.